The van der Waals surface area contributed by atoms with Crippen molar-refractivity contribution >= 4 is 40.5 Å². The van der Waals surface area contributed by atoms with E-state index in [4.69, 9.17) is 34.8 Å². The van der Waals surface area contributed by atoms with Crippen LogP contribution < -0.4 is 5.32 Å². The van der Waals surface area contributed by atoms with Gasteiger partial charge in [0.05, 0.1) is 15.7 Å². The molecular weight excluding hydrogens is 301 g/mol. The highest BCUT2D eigenvalue weighted by molar-refractivity contribution is 6.41. The average Bonchev–Trinajstić information content (AvgIpc) is 2.34. The normalized spacial score (nSPS) is 23.7. The number of rotatable bonds is 3. The molecule has 1 N–H and O–H groups in total. The zero-order valence-electron chi connectivity index (χ0n) is 11.3. The molecule has 1 aromatic rings. The first-order valence-electron chi connectivity index (χ1n) is 6.90. The molecule has 0 spiro atoms. The second-order valence-corrected chi connectivity index (χ2v) is 6.94. The van der Waals surface area contributed by atoms with Crippen molar-refractivity contribution in [3.8, 4) is 0 Å². The third kappa shape index (κ3) is 3.71. The molecule has 0 radical (unpaired) electrons. The molecule has 1 aromatic carbocycles. The molecule has 2 unspecified atom stereocenters. The Hall–Kier alpha value is -0.110. The van der Waals surface area contributed by atoms with Crippen LogP contribution in [0, 0.1) is 11.8 Å². The number of hydrogen-bond acceptors (Lipinski definition) is 1. The van der Waals surface area contributed by atoms with Gasteiger partial charge in [0.25, 0.3) is 0 Å². The van der Waals surface area contributed by atoms with Crippen molar-refractivity contribution in [2.24, 2.45) is 11.8 Å². The minimum atomic E-state index is 0.449. The summed E-state index contributed by atoms with van der Waals surface area (Å²) in [6.45, 7) is 4.57. The fourth-order valence-electron chi connectivity index (χ4n) is 3.00. The molecule has 1 saturated carbocycles. The maximum atomic E-state index is 6.25. The highest BCUT2D eigenvalue weighted by atomic mass is 35.5. The van der Waals surface area contributed by atoms with E-state index < -0.39 is 0 Å². The Morgan fingerprint density at radius 1 is 1.05 bits per heavy atom. The average molecular weight is 321 g/mol. The Labute approximate surface area is 130 Å². The van der Waals surface area contributed by atoms with Crippen LogP contribution in [0.25, 0.3) is 0 Å². The van der Waals surface area contributed by atoms with E-state index in [0.717, 1.165) is 5.69 Å². The fraction of sp³-hybridized carbons (Fsp3) is 0.600. The lowest BCUT2D eigenvalue weighted by Gasteiger charge is -2.36. The van der Waals surface area contributed by atoms with E-state index in [1.54, 1.807) is 12.1 Å². The molecule has 0 aromatic heterocycles. The Morgan fingerprint density at radius 2 is 1.63 bits per heavy atom. The molecule has 0 saturated heterocycles. The van der Waals surface area contributed by atoms with E-state index >= 15 is 0 Å². The lowest BCUT2D eigenvalue weighted by atomic mass is 9.78. The smallest absolute Gasteiger partial charge is 0.0722 e. The number of anilines is 1. The molecule has 4 heteroatoms. The van der Waals surface area contributed by atoms with Gasteiger partial charge >= 0.3 is 0 Å². The van der Waals surface area contributed by atoms with Gasteiger partial charge < -0.3 is 5.32 Å². The first-order valence-corrected chi connectivity index (χ1v) is 8.03. The molecule has 1 nitrogen and oxygen atoms in total. The van der Waals surface area contributed by atoms with E-state index in [9.17, 15) is 0 Å². The molecule has 1 aliphatic carbocycles. The van der Waals surface area contributed by atoms with Crippen LogP contribution in [0.2, 0.25) is 15.1 Å². The van der Waals surface area contributed by atoms with E-state index in [1.807, 2.05) is 0 Å². The lowest BCUT2D eigenvalue weighted by molar-refractivity contribution is 0.254. The van der Waals surface area contributed by atoms with Gasteiger partial charge in [-0.1, -0.05) is 61.5 Å². The van der Waals surface area contributed by atoms with Gasteiger partial charge in [-0.25, -0.2) is 0 Å². The molecule has 0 amide bonds. The molecule has 1 fully saturated rings. The molecule has 0 bridgehead atoms. The monoisotopic (exact) mass is 319 g/mol. The van der Waals surface area contributed by atoms with Crippen molar-refractivity contribution in [1.29, 1.82) is 0 Å². The zero-order chi connectivity index (χ0) is 14.0. The highest BCUT2D eigenvalue weighted by Gasteiger charge is 2.28. The Kier molecular flexibility index (Phi) is 5.28. The Morgan fingerprint density at radius 3 is 2.21 bits per heavy atom. The summed E-state index contributed by atoms with van der Waals surface area (Å²) in [6, 6.07) is 3.93. The van der Waals surface area contributed by atoms with Gasteiger partial charge in [0.1, 0.15) is 0 Å². The summed E-state index contributed by atoms with van der Waals surface area (Å²) in [4.78, 5) is 0. The predicted molar refractivity (Wildman–Crippen MR) is 85.7 cm³/mol. The summed E-state index contributed by atoms with van der Waals surface area (Å²) >= 11 is 18.4. The van der Waals surface area contributed by atoms with Crippen LogP contribution in [0.4, 0.5) is 5.69 Å². The van der Waals surface area contributed by atoms with Crippen molar-refractivity contribution in [2.75, 3.05) is 5.32 Å². The van der Waals surface area contributed by atoms with E-state index in [2.05, 4.69) is 19.2 Å². The summed E-state index contributed by atoms with van der Waals surface area (Å²) < 4.78 is 0. The van der Waals surface area contributed by atoms with Crippen LogP contribution in [-0.4, -0.2) is 6.04 Å². The van der Waals surface area contributed by atoms with Gasteiger partial charge in [0.15, 0.2) is 0 Å². The Bertz CT molecular complexity index is 422. The summed E-state index contributed by atoms with van der Waals surface area (Å²) in [6.07, 6.45) is 5.04. The highest BCUT2D eigenvalue weighted by Crippen LogP contribution is 2.38. The third-order valence-corrected chi connectivity index (χ3v) is 4.83. The topological polar surface area (TPSA) is 12.0 Å². The van der Waals surface area contributed by atoms with Gasteiger partial charge in [-0.15, -0.1) is 0 Å². The third-order valence-electron chi connectivity index (χ3n) is 4.01. The molecule has 19 heavy (non-hydrogen) atoms. The summed E-state index contributed by atoms with van der Waals surface area (Å²) in [5.74, 6) is 1.35. The van der Waals surface area contributed by atoms with Crippen LogP contribution in [0.5, 0.6) is 0 Å². The van der Waals surface area contributed by atoms with Crippen molar-refractivity contribution in [3.63, 3.8) is 0 Å². The van der Waals surface area contributed by atoms with Crippen molar-refractivity contribution < 1.29 is 0 Å². The van der Waals surface area contributed by atoms with E-state index in [0.29, 0.717) is 32.9 Å². The lowest BCUT2D eigenvalue weighted by Crippen LogP contribution is -2.35. The maximum absolute atomic E-state index is 6.25. The summed E-state index contributed by atoms with van der Waals surface area (Å²) in [5.41, 5.74) is 0.824. The van der Waals surface area contributed by atoms with Crippen LogP contribution >= 0.6 is 34.8 Å². The molecule has 1 aliphatic rings. The van der Waals surface area contributed by atoms with Gasteiger partial charge in [0.2, 0.25) is 0 Å². The van der Waals surface area contributed by atoms with Gasteiger partial charge in [-0.2, -0.15) is 0 Å². The second-order valence-electron chi connectivity index (χ2n) is 5.69. The number of halogens is 3. The molecule has 106 valence electrons. The quantitative estimate of drug-likeness (QED) is 0.691. The first kappa shape index (κ1) is 15.3. The molecule has 0 heterocycles. The number of hydrogen-bond donors (Lipinski definition) is 1. The van der Waals surface area contributed by atoms with Gasteiger partial charge in [-0.05, 0) is 36.8 Å². The van der Waals surface area contributed by atoms with Crippen molar-refractivity contribution in [1.82, 2.24) is 0 Å². The number of nitrogens with one attached hydrogen (secondary N) is 1. The van der Waals surface area contributed by atoms with Crippen molar-refractivity contribution in [3.05, 3.63) is 27.2 Å². The van der Waals surface area contributed by atoms with Crippen LogP contribution in [0.15, 0.2) is 12.1 Å². The van der Waals surface area contributed by atoms with Crippen molar-refractivity contribution in [2.45, 2.75) is 45.6 Å². The number of benzene rings is 1. The van der Waals surface area contributed by atoms with Crippen LogP contribution in [-0.2, 0) is 0 Å². The Balaban J connectivity index is 2.19. The minimum Gasteiger partial charge on any atom is -0.380 e. The summed E-state index contributed by atoms with van der Waals surface area (Å²) in [7, 11) is 0. The fourth-order valence-corrected chi connectivity index (χ4v) is 3.93. The zero-order valence-corrected chi connectivity index (χ0v) is 13.6. The largest absolute Gasteiger partial charge is 0.380 e. The first-order chi connectivity index (χ1) is 8.99. The SMILES string of the molecule is CC(C)C1CCCCC1Nc1c(Cl)cc(Cl)cc1Cl. The predicted octanol–water partition coefficient (Wildman–Crippen LogP) is 6.27. The van der Waals surface area contributed by atoms with E-state index in [1.165, 1.54) is 25.7 Å². The van der Waals surface area contributed by atoms with Gasteiger partial charge in [0, 0.05) is 11.1 Å². The van der Waals surface area contributed by atoms with Crippen LogP contribution in [0.1, 0.15) is 39.5 Å². The second kappa shape index (κ2) is 6.56. The molecular formula is C15H20Cl3N. The minimum absolute atomic E-state index is 0.449. The molecule has 2 atom stereocenters. The van der Waals surface area contributed by atoms with Gasteiger partial charge in [-0.3, -0.25) is 0 Å². The maximum Gasteiger partial charge on any atom is 0.0722 e. The molecule has 2 rings (SSSR count). The van der Waals surface area contributed by atoms with E-state index in [-0.39, 0.29) is 0 Å². The standard InChI is InChI=1S/C15H20Cl3N/c1-9(2)11-5-3-4-6-14(11)19-15-12(17)7-10(16)8-13(15)18/h7-9,11,14,19H,3-6H2,1-2H3. The van der Waals surface area contributed by atoms with Crippen LogP contribution in [0.3, 0.4) is 0 Å². The molecule has 0 aliphatic heterocycles. The summed E-state index contributed by atoms with van der Waals surface area (Å²) in [5, 5.41) is 5.33.